The first-order valence-electron chi connectivity index (χ1n) is 6.96. The molecule has 1 atom stereocenters. The molecule has 0 spiro atoms. The maximum Gasteiger partial charge on any atom is 0.239 e. The van der Waals surface area contributed by atoms with E-state index in [1.807, 2.05) is 13.8 Å². The zero-order chi connectivity index (χ0) is 15.8. The number of nitrogens with two attached hydrogens (primary N) is 1. The molecular formula is C15H23N3O3. The van der Waals surface area contributed by atoms with Crippen molar-refractivity contribution in [3.05, 3.63) is 29.8 Å². The van der Waals surface area contributed by atoms with E-state index < -0.39 is 6.04 Å². The Labute approximate surface area is 124 Å². The van der Waals surface area contributed by atoms with E-state index in [1.165, 1.54) is 0 Å². The first-order valence-corrected chi connectivity index (χ1v) is 6.96. The van der Waals surface area contributed by atoms with Crippen LogP contribution in [0, 0.1) is 5.92 Å². The number of aromatic hydroxyl groups is 1. The Bertz CT molecular complexity index is 472. The van der Waals surface area contributed by atoms with Crippen LogP contribution in [0.25, 0.3) is 0 Å². The molecule has 116 valence electrons. The van der Waals surface area contributed by atoms with Gasteiger partial charge in [-0.25, -0.2) is 0 Å². The van der Waals surface area contributed by atoms with Crippen molar-refractivity contribution < 1.29 is 14.7 Å². The summed E-state index contributed by atoms with van der Waals surface area (Å²) in [5, 5.41) is 14.4. The van der Waals surface area contributed by atoms with Gasteiger partial charge in [0, 0.05) is 6.54 Å². The number of rotatable bonds is 7. The summed E-state index contributed by atoms with van der Waals surface area (Å²) >= 11 is 0. The molecule has 0 aliphatic rings. The van der Waals surface area contributed by atoms with Crippen LogP contribution in [0.4, 0.5) is 0 Å². The fourth-order valence-corrected chi connectivity index (χ4v) is 1.66. The second-order valence-corrected chi connectivity index (χ2v) is 5.39. The highest BCUT2D eigenvalue weighted by atomic mass is 16.3. The van der Waals surface area contributed by atoms with Gasteiger partial charge >= 0.3 is 0 Å². The van der Waals surface area contributed by atoms with E-state index in [4.69, 9.17) is 5.73 Å². The Balaban J connectivity index is 2.34. The standard InChI is InChI=1S/C15H23N3O3/c1-10(2)8-17-14(20)9-18-15(21)13(16)7-11-3-5-12(19)6-4-11/h3-6,10,13,19H,7-9,16H2,1-2H3,(H,17,20)(H,18,21)/t13-/m1/s1. The first-order chi connectivity index (χ1) is 9.88. The van der Waals surface area contributed by atoms with Gasteiger partial charge < -0.3 is 21.5 Å². The number of benzene rings is 1. The van der Waals surface area contributed by atoms with E-state index in [-0.39, 0.29) is 24.1 Å². The van der Waals surface area contributed by atoms with Gasteiger partial charge in [0.05, 0.1) is 12.6 Å². The molecule has 0 saturated carbocycles. The van der Waals surface area contributed by atoms with Gasteiger partial charge in [0.2, 0.25) is 11.8 Å². The smallest absolute Gasteiger partial charge is 0.239 e. The van der Waals surface area contributed by atoms with Crippen molar-refractivity contribution in [3.63, 3.8) is 0 Å². The third-order valence-electron chi connectivity index (χ3n) is 2.86. The van der Waals surface area contributed by atoms with Crippen LogP contribution in [-0.4, -0.2) is 36.1 Å². The first kappa shape index (κ1) is 17.0. The maximum atomic E-state index is 11.8. The Morgan fingerprint density at radius 2 is 1.81 bits per heavy atom. The number of phenols is 1. The van der Waals surface area contributed by atoms with Crippen LogP contribution in [0.15, 0.2) is 24.3 Å². The molecule has 0 aliphatic heterocycles. The minimum absolute atomic E-state index is 0.0746. The lowest BCUT2D eigenvalue weighted by Gasteiger charge is -2.13. The molecule has 1 aromatic carbocycles. The Hall–Kier alpha value is -2.08. The van der Waals surface area contributed by atoms with Gasteiger partial charge in [-0.05, 0) is 30.0 Å². The molecule has 0 aromatic heterocycles. The normalized spacial score (nSPS) is 12.0. The number of phenolic OH excluding ortho intramolecular Hbond substituents is 1. The van der Waals surface area contributed by atoms with E-state index in [1.54, 1.807) is 24.3 Å². The number of carbonyl (C=O) groups excluding carboxylic acids is 2. The zero-order valence-corrected chi connectivity index (χ0v) is 12.4. The van der Waals surface area contributed by atoms with E-state index in [2.05, 4.69) is 10.6 Å². The zero-order valence-electron chi connectivity index (χ0n) is 12.4. The lowest BCUT2D eigenvalue weighted by Crippen LogP contribution is -2.46. The van der Waals surface area contributed by atoms with Crippen LogP contribution < -0.4 is 16.4 Å². The summed E-state index contributed by atoms with van der Waals surface area (Å²) in [5.74, 6) is -0.0725. The third kappa shape index (κ3) is 6.76. The van der Waals surface area contributed by atoms with Crippen LogP contribution in [0.1, 0.15) is 19.4 Å². The molecule has 6 heteroatoms. The fourth-order valence-electron chi connectivity index (χ4n) is 1.66. The van der Waals surface area contributed by atoms with Crippen LogP contribution in [0.5, 0.6) is 5.75 Å². The lowest BCUT2D eigenvalue weighted by atomic mass is 10.1. The molecule has 0 unspecified atom stereocenters. The molecule has 6 nitrogen and oxygen atoms in total. The SMILES string of the molecule is CC(C)CNC(=O)CNC(=O)[C@H](N)Cc1ccc(O)cc1. The number of nitrogens with one attached hydrogen (secondary N) is 2. The summed E-state index contributed by atoms with van der Waals surface area (Å²) in [7, 11) is 0. The van der Waals surface area contributed by atoms with E-state index in [0.29, 0.717) is 18.9 Å². The lowest BCUT2D eigenvalue weighted by molar-refractivity contribution is -0.126. The van der Waals surface area contributed by atoms with Crippen molar-refractivity contribution >= 4 is 11.8 Å². The molecular weight excluding hydrogens is 270 g/mol. The van der Waals surface area contributed by atoms with Gasteiger partial charge in [0.15, 0.2) is 0 Å². The molecule has 1 aromatic rings. The molecule has 0 aliphatic carbocycles. The predicted molar refractivity (Wildman–Crippen MR) is 80.6 cm³/mol. The quantitative estimate of drug-likeness (QED) is 0.574. The number of carbonyl (C=O) groups is 2. The van der Waals surface area contributed by atoms with Gasteiger partial charge in [0.25, 0.3) is 0 Å². The summed E-state index contributed by atoms with van der Waals surface area (Å²) in [6, 6.07) is 5.77. The van der Waals surface area contributed by atoms with Crippen LogP contribution in [-0.2, 0) is 16.0 Å². The Kier molecular flexibility index (Phi) is 6.68. The van der Waals surface area contributed by atoms with Crippen molar-refractivity contribution in [3.8, 4) is 5.75 Å². The van der Waals surface area contributed by atoms with Crippen molar-refractivity contribution in [1.29, 1.82) is 0 Å². The summed E-state index contributed by atoms with van der Waals surface area (Å²) in [4.78, 5) is 23.3. The molecule has 1 rings (SSSR count). The summed E-state index contributed by atoms with van der Waals surface area (Å²) in [6.07, 6.45) is 0.347. The summed E-state index contributed by atoms with van der Waals surface area (Å²) < 4.78 is 0. The van der Waals surface area contributed by atoms with Crippen molar-refractivity contribution in [2.24, 2.45) is 11.7 Å². The molecule has 0 fully saturated rings. The van der Waals surface area contributed by atoms with Crippen molar-refractivity contribution in [1.82, 2.24) is 10.6 Å². The molecule has 0 heterocycles. The predicted octanol–water partition coefficient (Wildman–Crippen LogP) is 0.150. The van der Waals surface area contributed by atoms with Crippen molar-refractivity contribution in [2.75, 3.05) is 13.1 Å². The number of hydrogen-bond acceptors (Lipinski definition) is 4. The summed E-state index contributed by atoms with van der Waals surface area (Å²) in [6.45, 7) is 4.49. The van der Waals surface area contributed by atoms with E-state index in [0.717, 1.165) is 5.56 Å². The summed E-state index contributed by atoms with van der Waals surface area (Å²) in [5.41, 5.74) is 6.64. The number of hydrogen-bond donors (Lipinski definition) is 4. The minimum atomic E-state index is -0.729. The second-order valence-electron chi connectivity index (χ2n) is 5.39. The molecule has 0 saturated heterocycles. The largest absolute Gasteiger partial charge is 0.508 e. The fraction of sp³-hybridized carbons (Fsp3) is 0.467. The molecule has 21 heavy (non-hydrogen) atoms. The highest BCUT2D eigenvalue weighted by molar-refractivity contribution is 5.87. The average molecular weight is 293 g/mol. The minimum Gasteiger partial charge on any atom is -0.508 e. The average Bonchev–Trinajstić information content (AvgIpc) is 2.44. The van der Waals surface area contributed by atoms with Crippen LogP contribution in [0.2, 0.25) is 0 Å². The topological polar surface area (TPSA) is 104 Å². The van der Waals surface area contributed by atoms with Crippen molar-refractivity contribution in [2.45, 2.75) is 26.3 Å². The van der Waals surface area contributed by atoms with Gasteiger partial charge in [0.1, 0.15) is 5.75 Å². The van der Waals surface area contributed by atoms with Gasteiger partial charge in [-0.15, -0.1) is 0 Å². The monoisotopic (exact) mass is 293 g/mol. The maximum absolute atomic E-state index is 11.8. The third-order valence-corrected chi connectivity index (χ3v) is 2.86. The van der Waals surface area contributed by atoms with E-state index in [9.17, 15) is 14.7 Å². The molecule has 0 radical (unpaired) electrons. The highest BCUT2D eigenvalue weighted by Gasteiger charge is 2.15. The molecule has 0 bridgehead atoms. The Morgan fingerprint density at radius 3 is 2.38 bits per heavy atom. The van der Waals surface area contributed by atoms with Gasteiger partial charge in [-0.1, -0.05) is 26.0 Å². The van der Waals surface area contributed by atoms with Gasteiger partial charge in [-0.3, -0.25) is 9.59 Å². The van der Waals surface area contributed by atoms with Gasteiger partial charge in [-0.2, -0.15) is 0 Å². The second kappa shape index (κ2) is 8.26. The van der Waals surface area contributed by atoms with E-state index >= 15 is 0 Å². The molecule has 2 amide bonds. The molecule has 5 N–H and O–H groups in total. The van der Waals surface area contributed by atoms with Crippen LogP contribution >= 0.6 is 0 Å². The Morgan fingerprint density at radius 1 is 1.19 bits per heavy atom. The van der Waals surface area contributed by atoms with Crippen LogP contribution in [0.3, 0.4) is 0 Å². The highest BCUT2D eigenvalue weighted by Crippen LogP contribution is 2.10. The number of amides is 2.